The zero-order valence-corrected chi connectivity index (χ0v) is 8.98. The van der Waals surface area contributed by atoms with Crippen LogP contribution in [0.4, 0.5) is 11.5 Å². The van der Waals surface area contributed by atoms with E-state index in [2.05, 4.69) is 9.88 Å². The fraction of sp³-hybridized carbons (Fsp3) is 0.545. The van der Waals surface area contributed by atoms with Crippen LogP contribution in [0.15, 0.2) is 12.3 Å². The number of aromatic nitrogens is 1. The number of hydrogen-bond donors (Lipinski definition) is 2. The number of aliphatic hydroxyl groups excluding tert-OH is 1. The molecular weight excluding hydrogens is 190 g/mol. The largest absolute Gasteiger partial charge is 0.397 e. The van der Waals surface area contributed by atoms with E-state index in [-0.39, 0.29) is 6.61 Å². The molecule has 2 rings (SSSR count). The van der Waals surface area contributed by atoms with Gasteiger partial charge in [0.2, 0.25) is 0 Å². The SMILES string of the molecule is Cc1cc(N)cnc1N1CCC(CO)C1. The van der Waals surface area contributed by atoms with Gasteiger partial charge in [0.15, 0.2) is 0 Å². The average Bonchev–Trinajstić information content (AvgIpc) is 2.66. The Labute approximate surface area is 89.7 Å². The molecule has 3 N–H and O–H groups in total. The number of aliphatic hydroxyl groups is 1. The maximum atomic E-state index is 9.08. The van der Waals surface area contributed by atoms with Crippen molar-refractivity contribution in [2.24, 2.45) is 5.92 Å². The van der Waals surface area contributed by atoms with E-state index in [9.17, 15) is 0 Å². The highest BCUT2D eigenvalue weighted by Gasteiger charge is 2.23. The summed E-state index contributed by atoms with van der Waals surface area (Å²) in [4.78, 5) is 6.57. The molecule has 2 heterocycles. The zero-order chi connectivity index (χ0) is 10.8. The van der Waals surface area contributed by atoms with Crippen molar-refractivity contribution >= 4 is 11.5 Å². The predicted octanol–water partition coefficient (Wildman–Crippen LogP) is 0.791. The van der Waals surface area contributed by atoms with E-state index < -0.39 is 0 Å². The summed E-state index contributed by atoms with van der Waals surface area (Å²) in [6, 6.07) is 1.94. The van der Waals surface area contributed by atoms with Gasteiger partial charge in [-0.05, 0) is 25.0 Å². The normalized spacial score (nSPS) is 20.9. The lowest BCUT2D eigenvalue weighted by Crippen LogP contribution is -2.22. The van der Waals surface area contributed by atoms with Crippen molar-refractivity contribution in [3.63, 3.8) is 0 Å². The van der Waals surface area contributed by atoms with Crippen molar-refractivity contribution in [1.29, 1.82) is 0 Å². The van der Waals surface area contributed by atoms with E-state index in [0.717, 1.165) is 30.9 Å². The molecule has 4 heteroatoms. The van der Waals surface area contributed by atoms with Crippen LogP contribution in [0.1, 0.15) is 12.0 Å². The summed E-state index contributed by atoms with van der Waals surface area (Å²) in [6.07, 6.45) is 2.73. The van der Waals surface area contributed by atoms with Gasteiger partial charge in [-0.1, -0.05) is 0 Å². The van der Waals surface area contributed by atoms with E-state index in [4.69, 9.17) is 10.8 Å². The molecule has 1 saturated heterocycles. The van der Waals surface area contributed by atoms with Crippen LogP contribution >= 0.6 is 0 Å². The highest BCUT2D eigenvalue weighted by Crippen LogP contribution is 2.25. The smallest absolute Gasteiger partial charge is 0.131 e. The molecule has 1 unspecified atom stereocenters. The average molecular weight is 207 g/mol. The van der Waals surface area contributed by atoms with Crippen LogP contribution in [0.2, 0.25) is 0 Å². The summed E-state index contributed by atoms with van der Waals surface area (Å²) in [5.74, 6) is 1.39. The number of nitrogens with zero attached hydrogens (tertiary/aromatic N) is 2. The second-order valence-electron chi connectivity index (χ2n) is 4.19. The van der Waals surface area contributed by atoms with E-state index in [1.165, 1.54) is 0 Å². The standard InChI is InChI=1S/C11H17N3O/c1-8-4-10(12)5-13-11(8)14-3-2-9(6-14)7-15/h4-5,9,15H,2-3,6-7,12H2,1H3. The first-order valence-corrected chi connectivity index (χ1v) is 5.28. The van der Waals surface area contributed by atoms with Gasteiger partial charge < -0.3 is 15.7 Å². The molecule has 1 fully saturated rings. The topological polar surface area (TPSA) is 62.4 Å². The monoisotopic (exact) mass is 207 g/mol. The molecule has 0 spiro atoms. The molecular formula is C11H17N3O. The maximum absolute atomic E-state index is 9.08. The lowest BCUT2D eigenvalue weighted by molar-refractivity contribution is 0.238. The van der Waals surface area contributed by atoms with Crippen molar-refractivity contribution in [3.05, 3.63) is 17.8 Å². The van der Waals surface area contributed by atoms with Gasteiger partial charge in [0.05, 0.1) is 11.9 Å². The number of aryl methyl sites for hydroxylation is 1. The molecule has 0 bridgehead atoms. The summed E-state index contributed by atoms with van der Waals surface area (Å²) in [5.41, 5.74) is 7.47. The second kappa shape index (κ2) is 4.06. The lowest BCUT2D eigenvalue weighted by atomic mass is 10.1. The van der Waals surface area contributed by atoms with E-state index in [1.807, 2.05) is 13.0 Å². The fourth-order valence-corrected chi connectivity index (χ4v) is 2.09. The van der Waals surface area contributed by atoms with Gasteiger partial charge >= 0.3 is 0 Å². The van der Waals surface area contributed by atoms with Crippen LogP contribution in [0.5, 0.6) is 0 Å². The van der Waals surface area contributed by atoms with Crippen molar-refractivity contribution in [2.45, 2.75) is 13.3 Å². The molecule has 4 nitrogen and oxygen atoms in total. The van der Waals surface area contributed by atoms with Gasteiger partial charge in [0.1, 0.15) is 5.82 Å². The summed E-state index contributed by atoms with van der Waals surface area (Å²) in [7, 11) is 0. The Morgan fingerprint density at radius 2 is 2.47 bits per heavy atom. The number of rotatable bonds is 2. The second-order valence-corrected chi connectivity index (χ2v) is 4.19. The molecule has 1 aromatic heterocycles. The molecule has 0 saturated carbocycles. The van der Waals surface area contributed by atoms with Gasteiger partial charge in [-0.15, -0.1) is 0 Å². The van der Waals surface area contributed by atoms with Crippen LogP contribution < -0.4 is 10.6 Å². The number of anilines is 2. The molecule has 15 heavy (non-hydrogen) atoms. The Hall–Kier alpha value is -1.29. The summed E-state index contributed by atoms with van der Waals surface area (Å²) in [5, 5.41) is 9.08. The highest BCUT2D eigenvalue weighted by molar-refractivity contribution is 5.53. The third-order valence-electron chi connectivity index (χ3n) is 2.92. The number of hydrogen-bond acceptors (Lipinski definition) is 4. The number of nitrogens with two attached hydrogens (primary N) is 1. The Bertz CT molecular complexity index is 354. The van der Waals surface area contributed by atoms with Crippen LogP contribution in [0.3, 0.4) is 0 Å². The van der Waals surface area contributed by atoms with E-state index in [1.54, 1.807) is 6.20 Å². The minimum absolute atomic E-state index is 0.268. The van der Waals surface area contributed by atoms with E-state index in [0.29, 0.717) is 11.6 Å². The zero-order valence-electron chi connectivity index (χ0n) is 8.98. The first-order valence-electron chi connectivity index (χ1n) is 5.28. The van der Waals surface area contributed by atoms with Gasteiger partial charge in [-0.3, -0.25) is 0 Å². The molecule has 0 aromatic carbocycles. The third kappa shape index (κ3) is 2.04. The van der Waals surface area contributed by atoms with Crippen LogP contribution in [-0.4, -0.2) is 29.8 Å². The predicted molar refractivity (Wildman–Crippen MR) is 60.8 cm³/mol. The first-order chi connectivity index (χ1) is 7.20. The van der Waals surface area contributed by atoms with Gasteiger partial charge in [0, 0.05) is 25.6 Å². The molecule has 0 radical (unpaired) electrons. The maximum Gasteiger partial charge on any atom is 0.131 e. The summed E-state index contributed by atoms with van der Waals surface area (Å²) < 4.78 is 0. The quantitative estimate of drug-likeness (QED) is 0.752. The Kier molecular flexibility index (Phi) is 2.77. The highest BCUT2D eigenvalue weighted by atomic mass is 16.3. The van der Waals surface area contributed by atoms with Crippen LogP contribution in [0, 0.1) is 12.8 Å². The Balaban J connectivity index is 2.17. The van der Waals surface area contributed by atoms with Crippen molar-refractivity contribution < 1.29 is 5.11 Å². The van der Waals surface area contributed by atoms with Gasteiger partial charge in [-0.2, -0.15) is 0 Å². The summed E-state index contributed by atoms with van der Waals surface area (Å²) >= 11 is 0. The van der Waals surface area contributed by atoms with Crippen molar-refractivity contribution in [3.8, 4) is 0 Å². The summed E-state index contributed by atoms with van der Waals surface area (Å²) in [6.45, 7) is 4.16. The third-order valence-corrected chi connectivity index (χ3v) is 2.92. The molecule has 1 atom stereocenters. The Morgan fingerprint density at radius 3 is 3.07 bits per heavy atom. The molecule has 0 aliphatic carbocycles. The molecule has 82 valence electrons. The van der Waals surface area contributed by atoms with Crippen LogP contribution in [-0.2, 0) is 0 Å². The lowest BCUT2D eigenvalue weighted by Gasteiger charge is -2.19. The minimum atomic E-state index is 0.268. The van der Waals surface area contributed by atoms with Gasteiger partial charge in [-0.25, -0.2) is 4.98 Å². The molecule has 1 aliphatic rings. The minimum Gasteiger partial charge on any atom is -0.397 e. The molecule has 1 aromatic rings. The van der Waals surface area contributed by atoms with E-state index >= 15 is 0 Å². The van der Waals surface area contributed by atoms with Gasteiger partial charge in [0.25, 0.3) is 0 Å². The van der Waals surface area contributed by atoms with Crippen LogP contribution in [0.25, 0.3) is 0 Å². The first kappa shape index (κ1) is 10.2. The Morgan fingerprint density at radius 1 is 1.67 bits per heavy atom. The molecule has 0 amide bonds. The number of nitrogen functional groups attached to an aromatic ring is 1. The van der Waals surface area contributed by atoms with Crippen molar-refractivity contribution in [2.75, 3.05) is 30.3 Å². The van der Waals surface area contributed by atoms with Crippen molar-refractivity contribution in [1.82, 2.24) is 4.98 Å². The fourth-order valence-electron chi connectivity index (χ4n) is 2.09. The molecule has 1 aliphatic heterocycles. The number of pyridine rings is 1.